The molecule has 0 saturated carbocycles. The number of carbonyl (C=O) groups excluding carboxylic acids is 2. The molecular weight excluding hydrogens is 935 g/mol. The quantitative estimate of drug-likeness (QED) is 0.0320. The van der Waals surface area contributed by atoms with Crippen molar-refractivity contribution in [2.24, 2.45) is 0 Å². The van der Waals surface area contributed by atoms with Crippen molar-refractivity contribution in [2.75, 3.05) is 13.2 Å². The first-order valence-electron chi connectivity index (χ1n) is 34.6. The fourth-order valence-corrected chi connectivity index (χ4v) is 10.9. The van der Waals surface area contributed by atoms with Gasteiger partial charge in [0.2, 0.25) is 5.91 Å². The molecule has 3 N–H and O–H groups in total. The third kappa shape index (κ3) is 61.6. The van der Waals surface area contributed by atoms with Crippen LogP contribution >= 0.6 is 0 Å². The summed E-state index contributed by atoms with van der Waals surface area (Å²) in [5.41, 5.74) is 0. The normalized spacial score (nSPS) is 12.6. The maximum absolute atomic E-state index is 12.5. The molecule has 0 aromatic heterocycles. The summed E-state index contributed by atoms with van der Waals surface area (Å²) in [5, 5.41) is 23.2. The van der Waals surface area contributed by atoms with Crippen LogP contribution in [0.3, 0.4) is 0 Å². The number of aliphatic hydroxyl groups is 2. The number of hydrogen-bond donors (Lipinski definition) is 3. The third-order valence-corrected chi connectivity index (χ3v) is 16.2. The van der Waals surface area contributed by atoms with Gasteiger partial charge in [0.05, 0.1) is 25.4 Å². The average molecular weight is 1070 g/mol. The van der Waals surface area contributed by atoms with Crippen molar-refractivity contribution in [3.05, 3.63) is 24.3 Å². The van der Waals surface area contributed by atoms with Crippen molar-refractivity contribution < 1.29 is 24.5 Å². The van der Waals surface area contributed by atoms with Gasteiger partial charge in [-0.25, -0.2) is 0 Å². The number of rotatable bonds is 65. The molecular formula is C70H135NO5. The number of allylic oxidation sites excluding steroid dienone is 3. The van der Waals surface area contributed by atoms with Gasteiger partial charge in [-0.1, -0.05) is 340 Å². The first-order valence-corrected chi connectivity index (χ1v) is 34.6. The maximum Gasteiger partial charge on any atom is 0.305 e. The van der Waals surface area contributed by atoms with E-state index in [1.807, 2.05) is 6.08 Å². The molecule has 0 spiro atoms. The first-order chi connectivity index (χ1) is 37.5. The van der Waals surface area contributed by atoms with Crippen molar-refractivity contribution in [2.45, 2.75) is 398 Å². The third-order valence-electron chi connectivity index (χ3n) is 16.2. The zero-order chi connectivity index (χ0) is 55.0. The molecule has 0 saturated heterocycles. The van der Waals surface area contributed by atoms with Crippen LogP contribution in [0.25, 0.3) is 0 Å². The molecule has 0 rings (SSSR count). The summed E-state index contributed by atoms with van der Waals surface area (Å²) >= 11 is 0. The van der Waals surface area contributed by atoms with Gasteiger partial charge in [0.1, 0.15) is 0 Å². The van der Waals surface area contributed by atoms with Crippen molar-refractivity contribution >= 4 is 11.9 Å². The number of hydrogen-bond acceptors (Lipinski definition) is 5. The van der Waals surface area contributed by atoms with E-state index in [0.717, 1.165) is 44.9 Å². The molecule has 0 aromatic carbocycles. The molecule has 0 aliphatic heterocycles. The summed E-state index contributed by atoms with van der Waals surface area (Å²) in [6.45, 7) is 4.94. The minimum Gasteiger partial charge on any atom is -0.466 e. The number of amides is 1. The van der Waals surface area contributed by atoms with Gasteiger partial charge in [-0.05, 0) is 57.8 Å². The molecule has 1 amide bonds. The lowest BCUT2D eigenvalue weighted by atomic mass is 10.0. The predicted molar refractivity (Wildman–Crippen MR) is 333 cm³/mol. The Kier molecular flexibility index (Phi) is 64.4. The van der Waals surface area contributed by atoms with E-state index in [-0.39, 0.29) is 18.5 Å². The van der Waals surface area contributed by atoms with Crippen molar-refractivity contribution in [1.82, 2.24) is 5.32 Å². The molecule has 2 unspecified atom stereocenters. The van der Waals surface area contributed by atoms with Gasteiger partial charge in [0.25, 0.3) is 0 Å². The van der Waals surface area contributed by atoms with E-state index in [0.29, 0.717) is 19.4 Å². The van der Waals surface area contributed by atoms with Gasteiger partial charge in [-0.3, -0.25) is 9.59 Å². The Labute approximate surface area is 475 Å². The van der Waals surface area contributed by atoms with Gasteiger partial charge >= 0.3 is 5.97 Å². The Morgan fingerprint density at radius 2 is 0.618 bits per heavy atom. The molecule has 6 nitrogen and oxygen atoms in total. The summed E-state index contributed by atoms with van der Waals surface area (Å²) in [5.74, 6) is -0.0550. The standard InChI is InChI=1S/C70H135NO5/c1-3-5-7-9-11-13-15-17-19-21-30-34-38-42-46-50-54-58-62-68(73)67(66-72)71-69(74)63-59-55-51-47-43-39-35-31-28-26-24-23-25-27-29-33-37-41-45-49-53-57-61-65-76-70(75)64-60-56-52-48-44-40-36-32-22-20-18-16-14-12-10-8-6-4-2/h26,28,58,62,67-68,72-73H,3-25,27,29-57,59-61,63-66H2,1-2H3,(H,71,74)/b28-26-,62-58+. The molecule has 0 aliphatic carbocycles. The Morgan fingerprint density at radius 1 is 0.355 bits per heavy atom. The predicted octanol–water partition coefficient (Wildman–Crippen LogP) is 22.1. The maximum atomic E-state index is 12.5. The molecule has 0 radical (unpaired) electrons. The van der Waals surface area contributed by atoms with Crippen LogP contribution in [-0.2, 0) is 14.3 Å². The highest BCUT2D eigenvalue weighted by Gasteiger charge is 2.18. The number of unbranched alkanes of at least 4 members (excludes halogenated alkanes) is 52. The van der Waals surface area contributed by atoms with E-state index in [9.17, 15) is 19.8 Å². The highest BCUT2D eigenvalue weighted by Crippen LogP contribution is 2.18. The molecule has 450 valence electrons. The topological polar surface area (TPSA) is 95.9 Å². The largest absolute Gasteiger partial charge is 0.466 e. The summed E-state index contributed by atoms with van der Waals surface area (Å²) < 4.78 is 5.51. The van der Waals surface area contributed by atoms with E-state index in [1.54, 1.807) is 6.08 Å². The van der Waals surface area contributed by atoms with Crippen LogP contribution in [0.4, 0.5) is 0 Å². The molecule has 0 aromatic rings. The van der Waals surface area contributed by atoms with Crippen molar-refractivity contribution in [3.63, 3.8) is 0 Å². The van der Waals surface area contributed by atoms with Crippen molar-refractivity contribution in [1.29, 1.82) is 0 Å². The van der Waals surface area contributed by atoms with Gasteiger partial charge < -0.3 is 20.3 Å². The van der Waals surface area contributed by atoms with Crippen LogP contribution in [0, 0.1) is 0 Å². The Morgan fingerprint density at radius 3 is 0.934 bits per heavy atom. The van der Waals surface area contributed by atoms with E-state index in [2.05, 4.69) is 31.3 Å². The summed E-state index contributed by atoms with van der Waals surface area (Å²) in [4.78, 5) is 24.6. The second-order valence-electron chi connectivity index (χ2n) is 23.9. The Hall–Kier alpha value is -1.66. The summed E-state index contributed by atoms with van der Waals surface area (Å²) in [6, 6.07) is -0.633. The first kappa shape index (κ1) is 74.3. The summed E-state index contributed by atoms with van der Waals surface area (Å²) in [7, 11) is 0. The average Bonchev–Trinajstić information content (AvgIpc) is 3.42. The number of nitrogens with one attached hydrogen (secondary N) is 1. The Balaban J connectivity index is 3.41. The van der Waals surface area contributed by atoms with Gasteiger partial charge in [-0.15, -0.1) is 0 Å². The van der Waals surface area contributed by atoms with Crippen LogP contribution < -0.4 is 5.32 Å². The number of ether oxygens (including phenoxy) is 1. The second kappa shape index (κ2) is 65.9. The van der Waals surface area contributed by atoms with Crippen LogP contribution in [0.5, 0.6) is 0 Å². The molecule has 2 atom stereocenters. The fourth-order valence-electron chi connectivity index (χ4n) is 10.9. The van der Waals surface area contributed by atoms with Crippen LogP contribution in [-0.4, -0.2) is 47.4 Å². The number of esters is 1. The van der Waals surface area contributed by atoms with Gasteiger partial charge in [0, 0.05) is 12.8 Å². The number of aliphatic hydroxyl groups excluding tert-OH is 2. The molecule has 6 heteroatoms. The fraction of sp³-hybridized carbons (Fsp3) is 0.914. The van der Waals surface area contributed by atoms with Crippen LogP contribution in [0.2, 0.25) is 0 Å². The van der Waals surface area contributed by atoms with Crippen LogP contribution in [0.15, 0.2) is 24.3 Å². The van der Waals surface area contributed by atoms with Crippen molar-refractivity contribution in [3.8, 4) is 0 Å². The van der Waals surface area contributed by atoms with Gasteiger partial charge in [0.15, 0.2) is 0 Å². The number of carbonyl (C=O) groups is 2. The van der Waals surface area contributed by atoms with Gasteiger partial charge in [-0.2, -0.15) is 0 Å². The minimum absolute atomic E-state index is 0.0161. The van der Waals surface area contributed by atoms with E-state index >= 15 is 0 Å². The lowest BCUT2D eigenvalue weighted by Crippen LogP contribution is -2.45. The van der Waals surface area contributed by atoms with E-state index < -0.39 is 12.1 Å². The smallest absolute Gasteiger partial charge is 0.305 e. The second-order valence-corrected chi connectivity index (χ2v) is 23.9. The monoisotopic (exact) mass is 1070 g/mol. The minimum atomic E-state index is -0.849. The molecule has 0 fully saturated rings. The zero-order valence-corrected chi connectivity index (χ0v) is 51.5. The van der Waals surface area contributed by atoms with Crippen LogP contribution in [0.1, 0.15) is 386 Å². The SMILES string of the molecule is CCCCCCCCCCCCCCCCCC/C=C/C(O)C(CO)NC(=O)CCCCCCCCC/C=C\CCCCCCCCCCCCCCOC(=O)CCCCCCCCCCCCCCCCCCCC. The molecule has 76 heavy (non-hydrogen) atoms. The zero-order valence-electron chi connectivity index (χ0n) is 51.5. The molecule has 0 bridgehead atoms. The highest BCUT2D eigenvalue weighted by molar-refractivity contribution is 5.76. The molecule has 0 aliphatic rings. The lowest BCUT2D eigenvalue weighted by Gasteiger charge is -2.20. The van der Waals surface area contributed by atoms with E-state index in [4.69, 9.17) is 4.74 Å². The lowest BCUT2D eigenvalue weighted by molar-refractivity contribution is -0.143. The molecule has 0 heterocycles. The van der Waals surface area contributed by atoms with E-state index in [1.165, 1.54) is 315 Å². The Bertz CT molecular complexity index is 1190. The summed E-state index contributed by atoms with van der Waals surface area (Å²) in [6.07, 6.45) is 82.4. The highest BCUT2D eigenvalue weighted by atomic mass is 16.5.